The van der Waals surface area contributed by atoms with Crippen LogP contribution in [0.25, 0.3) is 0 Å². The van der Waals surface area contributed by atoms with E-state index in [1.807, 2.05) is 24.3 Å². The number of esters is 1. The van der Waals surface area contributed by atoms with E-state index in [0.717, 1.165) is 48.4 Å². The molecule has 0 fully saturated rings. The maximum Gasteiger partial charge on any atom is 0.338 e. The van der Waals surface area contributed by atoms with E-state index in [9.17, 15) is 9.18 Å². The first-order chi connectivity index (χ1) is 15.1. The Hall–Kier alpha value is -3.83. The molecule has 0 unspecified atom stereocenters. The van der Waals surface area contributed by atoms with Crippen LogP contribution < -0.4 is 5.32 Å². The number of anilines is 2. The van der Waals surface area contributed by atoms with E-state index in [0.29, 0.717) is 23.8 Å². The second-order valence-electron chi connectivity index (χ2n) is 7.63. The smallest absolute Gasteiger partial charge is 0.338 e. The molecule has 31 heavy (non-hydrogen) atoms. The van der Waals surface area contributed by atoms with Crippen LogP contribution in [0, 0.1) is 17.1 Å². The van der Waals surface area contributed by atoms with Gasteiger partial charge in [-0.3, -0.25) is 4.90 Å². The lowest BCUT2D eigenvalue weighted by molar-refractivity contribution is 0.0535. The highest BCUT2D eigenvalue weighted by molar-refractivity contribution is 5.93. The van der Waals surface area contributed by atoms with Gasteiger partial charge < -0.3 is 10.1 Å². The molecule has 154 valence electrons. The molecule has 1 N–H and O–H groups in total. The van der Waals surface area contributed by atoms with Crippen LogP contribution in [0.5, 0.6) is 0 Å². The van der Waals surface area contributed by atoms with Crippen molar-refractivity contribution in [3.05, 3.63) is 81.9 Å². The Morgan fingerprint density at radius 3 is 3.00 bits per heavy atom. The van der Waals surface area contributed by atoms with Crippen LogP contribution >= 0.6 is 0 Å². The Morgan fingerprint density at radius 1 is 1.23 bits per heavy atom. The number of halogens is 1. The maximum atomic E-state index is 13.5. The van der Waals surface area contributed by atoms with Crippen molar-refractivity contribution in [3.8, 4) is 6.07 Å². The van der Waals surface area contributed by atoms with E-state index in [4.69, 9.17) is 10.00 Å². The van der Waals surface area contributed by atoms with Gasteiger partial charge in [0, 0.05) is 49.1 Å². The minimum absolute atomic E-state index is 0.0268. The molecule has 0 bridgehead atoms. The third kappa shape index (κ3) is 3.83. The van der Waals surface area contributed by atoms with Crippen molar-refractivity contribution >= 4 is 17.6 Å². The quantitative estimate of drug-likeness (QED) is 0.653. The predicted molar refractivity (Wildman–Crippen MR) is 110 cm³/mol. The maximum absolute atomic E-state index is 13.5. The van der Waals surface area contributed by atoms with Gasteiger partial charge in [-0.05, 0) is 29.8 Å². The number of cyclic esters (lactones) is 1. The van der Waals surface area contributed by atoms with Crippen molar-refractivity contribution in [2.45, 2.75) is 26.1 Å². The molecule has 2 aliphatic rings. The lowest BCUT2D eigenvalue weighted by Gasteiger charge is -2.28. The summed E-state index contributed by atoms with van der Waals surface area (Å²) in [6.45, 7) is 2.70. The topological polar surface area (TPSA) is 91.1 Å². The summed E-state index contributed by atoms with van der Waals surface area (Å²) in [4.78, 5) is 22.9. The summed E-state index contributed by atoms with van der Waals surface area (Å²) in [7, 11) is 0. The Balaban J connectivity index is 1.27. The van der Waals surface area contributed by atoms with E-state index in [1.54, 1.807) is 12.3 Å². The van der Waals surface area contributed by atoms with Gasteiger partial charge in [0.15, 0.2) is 0 Å². The summed E-state index contributed by atoms with van der Waals surface area (Å²) in [6, 6.07) is 11.9. The van der Waals surface area contributed by atoms with E-state index in [1.165, 1.54) is 12.1 Å². The van der Waals surface area contributed by atoms with Gasteiger partial charge in [-0.1, -0.05) is 12.1 Å². The summed E-state index contributed by atoms with van der Waals surface area (Å²) in [6.07, 6.45) is 2.59. The molecule has 7 nitrogen and oxygen atoms in total. The second-order valence-corrected chi connectivity index (χ2v) is 7.63. The minimum atomic E-state index is -0.554. The molecule has 0 saturated heterocycles. The first-order valence-electron chi connectivity index (χ1n) is 9.92. The normalized spacial score (nSPS) is 15.0. The third-order valence-corrected chi connectivity index (χ3v) is 5.51. The number of aromatic nitrogens is 2. The molecule has 5 rings (SSSR count). The number of carbonyl (C=O) groups is 1. The fourth-order valence-electron chi connectivity index (χ4n) is 3.93. The average Bonchev–Trinajstić information content (AvgIpc) is 3.15. The van der Waals surface area contributed by atoms with Crippen LogP contribution in [0.4, 0.5) is 16.0 Å². The number of rotatable bonds is 4. The van der Waals surface area contributed by atoms with Crippen LogP contribution in [0.15, 0.2) is 42.6 Å². The minimum Gasteiger partial charge on any atom is -0.457 e. The number of nitrogens with one attached hydrogen (secondary N) is 1. The Labute approximate surface area is 178 Å². The number of fused-ring (bicyclic) bond motifs is 2. The van der Waals surface area contributed by atoms with Crippen molar-refractivity contribution in [1.29, 1.82) is 5.26 Å². The molecule has 0 spiro atoms. The molecule has 3 aromatic rings. The highest BCUT2D eigenvalue weighted by Gasteiger charge is 2.23. The van der Waals surface area contributed by atoms with Crippen molar-refractivity contribution in [1.82, 2.24) is 14.9 Å². The zero-order valence-electron chi connectivity index (χ0n) is 16.6. The van der Waals surface area contributed by atoms with Gasteiger partial charge in [0.05, 0.1) is 16.8 Å². The molecule has 0 saturated carbocycles. The SMILES string of the molecule is N#Cc1cc(Nc2ncc3c(n2)CCN(Cc2ccc4c(c2)COC4=O)C3)ccc1F. The summed E-state index contributed by atoms with van der Waals surface area (Å²) < 4.78 is 18.6. The van der Waals surface area contributed by atoms with E-state index in [-0.39, 0.29) is 11.5 Å². The van der Waals surface area contributed by atoms with Gasteiger partial charge >= 0.3 is 5.97 Å². The highest BCUT2D eigenvalue weighted by atomic mass is 19.1. The van der Waals surface area contributed by atoms with E-state index < -0.39 is 5.82 Å². The molecular formula is C23H18FN5O2. The molecule has 2 aromatic carbocycles. The Bertz CT molecular complexity index is 1240. The average molecular weight is 415 g/mol. The van der Waals surface area contributed by atoms with Crippen molar-refractivity contribution < 1.29 is 13.9 Å². The predicted octanol–water partition coefficient (Wildman–Crippen LogP) is 3.46. The zero-order chi connectivity index (χ0) is 21.4. The van der Waals surface area contributed by atoms with Crippen molar-refractivity contribution in [3.63, 3.8) is 0 Å². The molecule has 8 heteroatoms. The number of nitriles is 1. The molecular weight excluding hydrogens is 397 g/mol. The van der Waals surface area contributed by atoms with Crippen LogP contribution in [-0.4, -0.2) is 27.4 Å². The Morgan fingerprint density at radius 2 is 2.13 bits per heavy atom. The van der Waals surface area contributed by atoms with Crippen LogP contribution in [-0.2, 0) is 30.9 Å². The van der Waals surface area contributed by atoms with Gasteiger partial charge in [0.2, 0.25) is 5.95 Å². The fraction of sp³-hybridized carbons (Fsp3) is 0.217. The number of carbonyl (C=O) groups excluding carboxylic acids is 1. The van der Waals surface area contributed by atoms with Crippen molar-refractivity contribution in [2.24, 2.45) is 0 Å². The van der Waals surface area contributed by atoms with Crippen LogP contribution in [0.3, 0.4) is 0 Å². The lowest BCUT2D eigenvalue weighted by Crippen LogP contribution is -2.31. The largest absolute Gasteiger partial charge is 0.457 e. The summed E-state index contributed by atoms with van der Waals surface area (Å²) >= 11 is 0. The second kappa shape index (κ2) is 7.78. The summed E-state index contributed by atoms with van der Waals surface area (Å²) in [5, 5.41) is 12.0. The van der Waals surface area contributed by atoms with Crippen LogP contribution in [0.1, 0.15) is 38.3 Å². The standard InChI is InChI=1S/C23H18FN5O2/c24-20-4-2-18(8-15(20)9-25)27-23-26-10-17-12-29(6-5-21(17)28-23)11-14-1-3-19-16(7-14)13-31-22(19)30/h1-4,7-8,10H,5-6,11-13H2,(H,26,27,28). The number of hydrogen-bond acceptors (Lipinski definition) is 7. The van der Waals surface area contributed by atoms with Crippen molar-refractivity contribution in [2.75, 3.05) is 11.9 Å². The summed E-state index contributed by atoms with van der Waals surface area (Å²) in [5.74, 6) is -0.382. The molecule has 0 radical (unpaired) electrons. The van der Waals surface area contributed by atoms with Gasteiger partial charge in [-0.2, -0.15) is 5.26 Å². The number of nitrogens with zero attached hydrogens (tertiary/aromatic N) is 4. The molecule has 2 aliphatic heterocycles. The van der Waals surface area contributed by atoms with Crippen LogP contribution in [0.2, 0.25) is 0 Å². The number of ether oxygens (including phenoxy) is 1. The molecule has 0 aliphatic carbocycles. The fourth-order valence-corrected chi connectivity index (χ4v) is 3.93. The summed E-state index contributed by atoms with van der Waals surface area (Å²) in [5.41, 5.74) is 5.32. The highest BCUT2D eigenvalue weighted by Crippen LogP contribution is 2.25. The van der Waals surface area contributed by atoms with Gasteiger partial charge in [-0.25, -0.2) is 19.2 Å². The molecule has 1 aromatic heterocycles. The van der Waals surface area contributed by atoms with Gasteiger partial charge in [-0.15, -0.1) is 0 Å². The van der Waals surface area contributed by atoms with E-state index in [2.05, 4.69) is 20.2 Å². The van der Waals surface area contributed by atoms with Gasteiger partial charge in [0.1, 0.15) is 18.5 Å². The zero-order valence-corrected chi connectivity index (χ0v) is 16.6. The number of hydrogen-bond donors (Lipinski definition) is 1. The van der Waals surface area contributed by atoms with Gasteiger partial charge in [0.25, 0.3) is 0 Å². The first-order valence-corrected chi connectivity index (χ1v) is 9.92. The first kappa shape index (κ1) is 19.2. The molecule has 0 atom stereocenters. The van der Waals surface area contributed by atoms with E-state index >= 15 is 0 Å². The monoisotopic (exact) mass is 415 g/mol. The Kier molecular flexibility index (Phi) is 4.81. The number of benzene rings is 2. The molecule has 0 amide bonds. The molecule has 3 heterocycles. The third-order valence-electron chi connectivity index (χ3n) is 5.51. The lowest BCUT2D eigenvalue weighted by atomic mass is 10.0.